The lowest BCUT2D eigenvalue weighted by atomic mass is 10.1. The zero-order valence-electron chi connectivity index (χ0n) is 20.0. The molecule has 9 nitrogen and oxygen atoms in total. The van der Waals surface area contributed by atoms with Gasteiger partial charge in [-0.25, -0.2) is 9.97 Å². The van der Waals surface area contributed by atoms with Gasteiger partial charge in [0.05, 0.1) is 22.4 Å². The molecule has 184 valence electrons. The number of imidazole rings is 1. The number of benzene rings is 1. The van der Waals surface area contributed by atoms with Crippen molar-refractivity contribution in [2.45, 2.75) is 26.7 Å². The van der Waals surface area contributed by atoms with Gasteiger partial charge in [0, 0.05) is 26.6 Å². The number of ketones is 1. The topological polar surface area (TPSA) is 103 Å². The van der Waals surface area contributed by atoms with Gasteiger partial charge in [-0.2, -0.15) is 19.0 Å². The average Bonchev–Trinajstić information content (AvgIpc) is 3.43. The Morgan fingerprint density at radius 3 is 2.56 bits per heavy atom. The predicted molar refractivity (Wildman–Crippen MR) is 133 cm³/mol. The third-order valence-corrected chi connectivity index (χ3v) is 5.70. The van der Waals surface area contributed by atoms with Crippen molar-refractivity contribution in [3.8, 4) is 17.2 Å². The molecule has 0 aliphatic rings. The van der Waals surface area contributed by atoms with E-state index in [2.05, 4.69) is 30.6 Å². The lowest BCUT2D eigenvalue weighted by molar-refractivity contribution is 0.0122. The smallest absolute Gasteiger partial charge is 0.288 e. The van der Waals surface area contributed by atoms with Gasteiger partial charge in [0.15, 0.2) is 11.6 Å². The van der Waals surface area contributed by atoms with Crippen molar-refractivity contribution < 1.29 is 15.0 Å². The number of alkyl halides is 2. The summed E-state index contributed by atoms with van der Waals surface area (Å²) in [5.74, 6) is -2.27. The van der Waals surface area contributed by atoms with Crippen molar-refractivity contribution in [3.63, 3.8) is 0 Å². The Labute approximate surface area is 206 Å². The lowest BCUT2D eigenvalue weighted by Gasteiger charge is -2.11. The minimum Gasteiger partial charge on any atom is -0.339 e. The average molecular weight is 491 g/mol. The number of pyridine rings is 1. The van der Waals surface area contributed by atoms with Gasteiger partial charge in [-0.05, 0) is 62.4 Å². The molecule has 0 saturated carbocycles. The largest absolute Gasteiger partial charge is 0.339 e. The number of hydrogen-bond acceptors (Lipinski definition) is 7. The Balaban J connectivity index is 0.00000320. The normalized spacial score (nSPS) is 11.7. The molecule has 0 atom stereocenters. The van der Waals surface area contributed by atoms with Crippen molar-refractivity contribution in [1.82, 2.24) is 34.5 Å². The van der Waals surface area contributed by atoms with Crippen LogP contribution in [0.2, 0.25) is 0 Å². The number of aryl methyl sites for hydroxylation is 2. The molecule has 1 aromatic carbocycles. The van der Waals surface area contributed by atoms with E-state index in [4.69, 9.17) is 0 Å². The highest BCUT2D eigenvalue weighted by atomic mass is 19.3. The van der Waals surface area contributed by atoms with E-state index < -0.39 is 11.6 Å². The quantitative estimate of drug-likeness (QED) is 0.325. The van der Waals surface area contributed by atoms with Crippen LogP contribution in [0.15, 0.2) is 54.9 Å². The van der Waals surface area contributed by atoms with E-state index in [0.717, 1.165) is 23.8 Å². The molecule has 0 radical (unpaired) electrons. The Bertz CT molecular complexity index is 1610. The van der Waals surface area contributed by atoms with Crippen LogP contribution >= 0.6 is 0 Å². The molecule has 0 unspecified atom stereocenters. The number of fused-ring (bicyclic) bond motifs is 1. The molecule has 0 saturated heterocycles. The number of nitrogens with zero attached hydrogens (tertiary/aromatic N) is 7. The molecule has 5 aromatic rings. The van der Waals surface area contributed by atoms with Gasteiger partial charge in [-0.1, -0.05) is 0 Å². The third-order valence-electron chi connectivity index (χ3n) is 5.70. The SMILES string of the molecule is CC(=O)c1ccc(-n2cnc3cc(Nc4ccc(C)nn4)ccc32)nc1-c1cc(C(C)(F)F)nn1C.[HH]. The number of anilines is 2. The van der Waals surface area contributed by atoms with E-state index in [1.165, 1.54) is 17.7 Å². The van der Waals surface area contributed by atoms with Gasteiger partial charge in [-0.3, -0.25) is 14.0 Å². The molecule has 1 N–H and O–H groups in total. The molecule has 0 spiro atoms. The van der Waals surface area contributed by atoms with Crippen LogP contribution in [0, 0.1) is 6.92 Å². The molecule has 4 aromatic heterocycles. The first-order valence-corrected chi connectivity index (χ1v) is 11.1. The monoisotopic (exact) mass is 490 g/mol. The van der Waals surface area contributed by atoms with E-state index in [1.807, 2.05) is 37.3 Å². The maximum atomic E-state index is 13.9. The Morgan fingerprint density at radius 2 is 1.89 bits per heavy atom. The maximum Gasteiger partial charge on any atom is 0.288 e. The minimum atomic E-state index is -3.12. The Kier molecular flexibility index (Phi) is 5.54. The van der Waals surface area contributed by atoms with E-state index in [9.17, 15) is 13.6 Å². The third kappa shape index (κ3) is 4.30. The number of Topliss-reactive ketones (excluding diaryl/α,β-unsaturated/α-hetero) is 1. The van der Waals surface area contributed by atoms with Gasteiger partial charge < -0.3 is 5.32 Å². The molecule has 5 rings (SSSR count). The second-order valence-corrected chi connectivity index (χ2v) is 8.55. The van der Waals surface area contributed by atoms with Crippen LogP contribution in [0.5, 0.6) is 0 Å². The maximum absolute atomic E-state index is 13.9. The zero-order valence-corrected chi connectivity index (χ0v) is 20.0. The van der Waals surface area contributed by atoms with Gasteiger partial charge in [-0.15, -0.1) is 5.10 Å². The van der Waals surface area contributed by atoms with E-state index in [0.29, 0.717) is 28.4 Å². The predicted octanol–water partition coefficient (Wildman–Crippen LogP) is 5.22. The second kappa shape index (κ2) is 8.59. The molecule has 0 bridgehead atoms. The van der Waals surface area contributed by atoms with Crippen LogP contribution in [0.1, 0.15) is 37.0 Å². The minimum absolute atomic E-state index is 0. The fourth-order valence-electron chi connectivity index (χ4n) is 3.85. The molecule has 11 heteroatoms. The summed E-state index contributed by atoms with van der Waals surface area (Å²) >= 11 is 0. The fraction of sp³-hybridized carbons (Fsp3) is 0.200. The Morgan fingerprint density at radius 1 is 1.08 bits per heavy atom. The second-order valence-electron chi connectivity index (χ2n) is 8.55. The fourth-order valence-corrected chi connectivity index (χ4v) is 3.85. The van der Waals surface area contributed by atoms with Crippen molar-refractivity contribution in [2.24, 2.45) is 7.05 Å². The highest BCUT2D eigenvalue weighted by molar-refractivity contribution is 5.99. The number of hydrogen-bond donors (Lipinski definition) is 1. The van der Waals surface area contributed by atoms with Gasteiger partial charge in [0.2, 0.25) is 0 Å². The summed E-state index contributed by atoms with van der Waals surface area (Å²) in [4.78, 5) is 21.5. The molecule has 4 heterocycles. The van der Waals surface area contributed by atoms with Crippen LogP contribution in [0.4, 0.5) is 20.3 Å². The number of nitrogens with one attached hydrogen (secondary N) is 1. The highest BCUT2D eigenvalue weighted by Crippen LogP contribution is 2.31. The summed E-state index contributed by atoms with van der Waals surface area (Å²) in [6.07, 6.45) is 1.62. The molecular weight excluding hydrogens is 466 g/mol. The van der Waals surface area contributed by atoms with E-state index in [-0.39, 0.29) is 12.9 Å². The van der Waals surface area contributed by atoms with Gasteiger partial charge in [0.25, 0.3) is 5.92 Å². The van der Waals surface area contributed by atoms with E-state index in [1.54, 1.807) is 30.1 Å². The highest BCUT2D eigenvalue weighted by Gasteiger charge is 2.30. The zero-order chi connectivity index (χ0) is 25.6. The first-order valence-electron chi connectivity index (χ1n) is 11.1. The number of carbonyl (C=O) groups is 1. The summed E-state index contributed by atoms with van der Waals surface area (Å²) < 4.78 is 30.9. The summed E-state index contributed by atoms with van der Waals surface area (Å²) in [5.41, 5.74) is 3.58. The Hall–Kier alpha value is -4.54. The molecule has 36 heavy (non-hydrogen) atoms. The summed E-state index contributed by atoms with van der Waals surface area (Å²) in [6, 6.07) is 13.9. The van der Waals surface area contributed by atoms with Crippen LogP contribution < -0.4 is 5.32 Å². The van der Waals surface area contributed by atoms with Crippen molar-refractivity contribution in [1.29, 1.82) is 0 Å². The van der Waals surface area contributed by atoms with Gasteiger partial charge in [0.1, 0.15) is 23.5 Å². The standard InChI is InChI=1S/C25H22F2N8O.H2/c1-14-5-9-22(32-31-14)29-16-6-8-19-18(11-16)28-13-35(19)23-10-7-17(15(2)36)24(30-23)20-12-21(25(3,26)27)33-34(20)4;/h5-13H,1-4H3,(H,29,32);1H. The van der Waals surface area contributed by atoms with Crippen molar-refractivity contribution in [3.05, 3.63) is 71.8 Å². The lowest BCUT2D eigenvalue weighted by Crippen LogP contribution is -2.08. The van der Waals surface area contributed by atoms with Crippen LogP contribution in [0.25, 0.3) is 28.2 Å². The molecular formula is C25H24F2N8O. The van der Waals surface area contributed by atoms with Crippen molar-refractivity contribution >= 4 is 28.3 Å². The molecule has 0 aliphatic heterocycles. The number of aromatic nitrogens is 7. The van der Waals surface area contributed by atoms with E-state index >= 15 is 0 Å². The van der Waals surface area contributed by atoms with Crippen LogP contribution in [-0.4, -0.2) is 40.3 Å². The van der Waals surface area contributed by atoms with Crippen LogP contribution in [-0.2, 0) is 13.0 Å². The number of halogens is 2. The summed E-state index contributed by atoms with van der Waals surface area (Å²) in [6.45, 7) is 4.05. The first kappa shape index (κ1) is 23.2. The number of carbonyl (C=O) groups excluding carboxylic acids is 1. The summed E-state index contributed by atoms with van der Waals surface area (Å²) in [5, 5.41) is 15.3. The van der Waals surface area contributed by atoms with Gasteiger partial charge >= 0.3 is 0 Å². The molecule has 0 fully saturated rings. The van der Waals surface area contributed by atoms with Crippen LogP contribution in [0.3, 0.4) is 0 Å². The summed E-state index contributed by atoms with van der Waals surface area (Å²) in [7, 11) is 1.54. The van der Waals surface area contributed by atoms with Crippen molar-refractivity contribution in [2.75, 3.05) is 5.32 Å². The molecule has 0 aliphatic carbocycles. The number of rotatable bonds is 6. The first-order chi connectivity index (χ1) is 17.1. The molecule has 0 amide bonds.